The smallest absolute Gasteiger partial charge is 0.240 e. The Balaban J connectivity index is 2.11. The Hall–Kier alpha value is -1.49. The molecule has 1 fully saturated rings. The molecule has 1 amide bonds. The molecule has 0 spiro atoms. The van der Waals surface area contributed by atoms with Crippen LogP contribution in [0.2, 0.25) is 0 Å². The molecule has 2 unspecified atom stereocenters. The maximum absolute atomic E-state index is 12.3. The number of carbonyl (C=O) groups excluding carboxylic acids is 1. The quantitative estimate of drug-likeness (QED) is 0.860. The maximum atomic E-state index is 12.3. The van der Waals surface area contributed by atoms with Crippen LogP contribution in [0.25, 0.3) is 0 Å². The second-order valence-corrected chi connectivity index (χ2v) is 4.94. The van der Waals surface area contributed by atoms with Crippen LogP contribution in [-0.2, 0) is 11.3 Å². The van der Waals surface area contributed by atoms with Crippen LogP contribution >= 0.6 is 0 Å². The first kappa shape index (κ1) is 13.0. The molecule has 0 radical (unpaired) electrons. The Kier molecular flexibility index (Phi) is 4.25. The van der Waals surface area contributed by atoms with E-state index < -0.39 is 0 Å². The molecule has 2 heterocycles. The number of nitrogens with one attached hydrogen (secondary N) is 1. The van der Waals surface area contributed by atoms with Crippen molar-refractivity contribution in [1.82, 2.24) is 20.2 Å². The summed E-state index contributed by atoms with van der Waals surface area (Å²) in [4.78, 5) is 22.5. The Morgan fingerprint density at radius 1 is 1.44 bits per heavy atom. The molecule has 18 heavy (non-hydrogen) atoms. The standard InChI is InChI=1S/C13H20N4O/c1-10-3-4-12(14-2)13(18)17(8-10)9-11-7-15-5-6-16-11/h5-7,10,12,14H,3-4,8-9H2,1-2H3. The second kappa shape index (κ2) is 5.91. The Morgan fingerprint density at radius 2 is 2.28 bits per heavy atom. The van der Waals surface area contributed by atoms with Crippen LogP contribution in [0, 0.1) is 5.92 Å². The predicted octanol–water partition coefficient (Wildman–Crippen LogP) is 0.823. The summed E-state index contributed by atoms with van der Waals surface area (Å²) in [5.74, 6) is 0.705. The van der Waals surface area contributed by atoms with E-state index >= 15 is 0 Å². The van der Waals surface area contributed by atoms with E-state index in [9.17, 15) is 4.79 Å². The fourth-order valence-corrected chi connectivity index (χ4v) is 2.37. The zero-order valence-electron chi connectivity index (χ0n) is 11.0. The van der Waals surface area contributed by atoms with Crippen LogP contribution in [-0.4, -0.2) is 40.4 Å². The topological polar surface area (TPSA) is 58.1 Å². The number of hydrogen-bond acceptors (Lipinski definition) is 4. The summed E-state index contributed by atoms with van der Waals surface area (Å²) in [5, 5.41) is 3.10. The minimum Gasteiger partial charge on any atom is -0.335 e. The summed E-state index contributed by atoms with van der Waals surface area (Å²) in [5.41, 5.74) is 0.842. The van der Waals surface area contributed by atoms with Crippen molar-refractivity contribution < 1.29 is 4.79 Å². The van der Waals surface area contributed by atoms with Gasteiger partial charge in [0.05, 0.1) is 24.5 Å². The fourth-order valence-electron chi connectivity index (χ4n) is 2.37. The van der Waals surface area contributed by atoms with E-state index in [1.807, 2.05) is 11.9 Å². The highest BCUT2D eigenvalue weighted by Crippen LogP contribution is 2.18. The van der Waals surface area contributed by atoms with E-state index in [1.165, 1.54) is 0 Å². The number of aromatic nitrogens is 2. The van der Waals surface area contributed by atoms with E-state index in [1.54, 1.807) is 18.6 Å². The van der Waals surface area contributed by atoms with Crippen LogP contribution in [0.5, 0.6) is 0 Å². The molecule has 0 saturated carbocycles. The van der Waals surface area contributed by atoms with Crippen molar-refractivity contribution in [3.63, 3.8) is 0 Å². The lowest BCUT2D eigenvalue weighted by molar-refractivity contribution is -0.133. The van der Waals surface area contributed by atoms with E-state index in [-0.39, 0.29) is 11.9 Å². The number of carbonyl (C=O) groups is 1. The molecule has 5 nitrogen and oxygen atoms in total. The van der Waals surface area contributed by atoms with Crippen molar-refractivity contribution in [1.29, 1.82) is 0 Å². The minimum atomic E-state index is -0.0633. The summed E-state index contributed by atoms with van der Waals surface area (Å²) < 4.78 is 0. The Morgan fingerprint density at radius 3 is 2.94 bits per heavy atom. The largest absolute Gasteiger partial charge is 0.335 e. The van der Waals surface area contributed by atoms with E-state index in [0.29, 0.717) is 12.5 Å². The number of nitrogens with zero attached hydrogens (tertiary/aromatic N) is 3. The van der Waals surface area contributed by atoms with Crippen molar-refractivity contribution in [2.45, 2.75) is 32.4 Å². The molecule has 1 aromatic heterocycles. The summed E-state index contributed by atoms with van der Waals surface area (Å²) in [6, 6.07) is -0.0633. The second-order valence-electron chi connectivity index (χ2n) is 4.94. The Bertz CT molecular complexity index is 395. The SMILES string of the molecule is CNC1CCC(C)CN(Cc2cnccn2)C1=O. The van der Waals surface area contributed by atoms with Crippen LogP contribution in [0.1, 0.15) is 25.5 Å². The zero-order valence-corrected chi connectivity index (χ0v) is 11.0. The molecular weight excluding hydrogens is 228 g/mol. The average molecular weight is 248 g/mol. The predicted molar refractivity (Wildman–Crippen MR) is 68.7 cm³/mol. The van der Waals surface area contributed by atoms with Gasteiger partial charge in [0.25, 0.3) is 0 Å². The molecule has 0 aromatic carbocycles. The molecule has 1 aromatic rings. The molecule has 2 atom stereocenters. The van der Waals surface area contributed by atoms with Crippen LogP contribution < -0.4 is 5.32 Å². The summed E-state index contributed by atoms with van der Waals surface area (Å²) in [6.07, 6.45) is 7.02. The van der Waals surface area contributed by atoms with Gasteiger partial charge in [-0.2, -0.15) is 0 Å². The molecule has 1 aliphatic rings. The van der Waals surface area contributed by atoms with Gasteiger partial charge in [0.15, 0.2) is 0 Å². The molecule has 1 aliphatic heterocycles. The van der Waals surface area contributed by atoms with Crippen LogP contribution in [0.4, 0.5) is 0 Å². The number of amides is 1. The van der Waals surface area contributed by atoms with Crippen LogP contribution in [0.15, 0.2) is 18.6 Å². The molecule has 98 valence electrons. The highest BCUT2D eigenvalue weighted by molar-refractivity contribution is 5.82. The van der Waals surface area contributed by atoms with Gasteiger partial charge in [0.1, 0.15) is 0 Å². The third-order valence-electron chi connectivity index (χ3n) is 3.41. The van der Waals surface area contributed by atoms with E-state index in [4.69, 9.17) is 0 Å². The van der Waals surface area contributed by atoms with Crippen molar-refractivity contribution in [2.75, 3.05) is 13.6 Å². The van der Waals surface area contributed by atoms with Gasteiger partial charge in [0.2, 0.25) is 5.91 Å². The molecule has 1 saturated heterocycles. The monoisotopic (exact) mass is 248 g/mol. The third-order valence-corrected chi connectivity index (χ3v) is 3.41. The molecule has 1 N–H and O–H groups in total. The molecular formula is C13H20N4O. The lowest BCUT2D eigenvalue weighted by Crippen LogP contribution is -2.44. The van der Waals surface area contributed by atoms with Crippen molar-refractivity contribution in [3.8, 4) is 0 Å². The molecule has 0 aliphatic carbocycles. The number of likely N-dealkylation sites (tertiary alicyclic amines) is 1. The van der Waals surface area contributed by atoms with Gasteiger partial charge in [-0.05, 0) is 25.8 Å². The minimum absolute atomic E-state index is 0.0633. The van der Waals surface area contributed by atoms with E-state index in [0.717, 1.165) is 25.1 Å². The van der Waals surface area contributed by atoms with Crippen molar-refractivity contribution in [2.24, 2.45) is 5.92 Å². The van der Waals surface area contributed by atoms with Gasteiger partial charge in [-0.25, -0.2) is 0 Å². The van der Waals surface area contributed by atoms with Crippen molar-refractivity contribution >= 4 is 5.91 Å². The third kappa shape index (κ3) is 3.04. The van der Waals surface area contributed by atoms with E-state index in [2.05, 4.69) is 22.2 Å². The first-order valence-electron chi connectivity index (χ1n) is 6.41. The van der Waals surface area contributed by atoms with Gasteiger partial charge in [-0.3, -0.25) is 14.8 Å². The fraction of sp³-hybridized carbons (Fsp3) is 0.615. The molecule has 2 rings (SSSR count). The lowest BCUT2D eigenvalue weighted by atomic mass is 10.0. The zero-order chi connectivity index (χ0) is 13.0. The number of rotatable bonds is 3. The number of likely N-dealkylation sites (N-methyl/N-ethyl adjacent to an activating group) is 1. The van der Waals surface area contributed by atoms with Gasteiger partial charge < -0.3 is 10.2 Å². The summed E-state index contributed by atoms with van der Waals surface area (Å²) >= 11 is 0. The first-order valence-corrected chi connectivity index (χ1v) is 6.41. The van der Waals surface area contributed by atoms with Gasteiger partial charge in [-0.1, -0.05) is 6.92 Å². The number of hydrogen-bond donors (Lipinski definition) is 1. The first-order chi connectivity index (χ1) is 8.70. The van der Waals surface area contributed by atoms with Crippen molar-refractivity contribution in [3.05, 3.63) is 24.3 Å². The molecule has 5 heteroatoms. The highest BCUT2D eigenvalue weighted by Gasteiger charge is 2.28. The van der Waals surface area contributed by atoms with Gasteiger partial charge >= 0.3 is 0 Å². The summed E-state index contributed by atoms with van der Waals surface area (Å²) in [7, 11) is 1.85. The van der Waals surface area contributed by atoms with Crippen LogP contribution in [0.3, 0.4) is 0 Å². The summed E-state index contributed by atoms with van der Waals surface area (Å²) in [6.45, 7) is 3.54. The van der Waals surface area contributed by atoms with Gasteiger partial charge in [-0.15, -0.1) is 0 Å². The highest BCUT2D eigenvalue weighted by atomic mass is 16.2. The Labute approximate surface area is 108 Å². The average Bonchev–Trinajstić information content (AvgIpc) is 2.51. The maximum Gasteiger partial charge on any atom is 0.240 e. The van der Waals surface area contributed by atoms with Gasteiger partial charge in [0, 0.05) is 18.9 Å². The normalized spacial score (nSPS) is 25.0. The molecule has 0 bridgehead atoms. The lowest BCUT2D eigenvalue weighted by Gasteiger charge is -2.24.